The highest BCUT2D eigenvalue weighted by molar-refractivity contribution is 6.31. The molecular weight excluding hydrogens is 435 g/mol. The predicted octanol–water partition coefficient (Wildman–Crippen LogP) is 5.00. The van der Waals surface area contributed by atoms with E-state index in [9.17, 15) is 9.18 Å². The third-order valence-corrected chi connectivity index (χ3v) is 5.72. The number of fused-ring (bicyclic) bond motifs is 1. The van der Waals surface area contributed by atoms with E-state index in [4.69, 9.17) is 21.1 Å². The second-order valence-corrected chi connectivity index (χ2v) is 8.21. The van der Waals surface area contributed by atoms with Gasteiger partial charge in [0.25, 0.3) is 0 Å². The lowest BCUT2D eigenvalue weighted by atomic mass is 9.92. The summed E-state index contributed by atoms with van der Waals surface area (Å²) >= 11 is 5.90. The number of carbonyl (C=O) groups is 1. The second kappa shape index (κ2) is 9.56. The highest BCUT2D eigenvalue weighted by atomic mass is 35.5. The van der Waals surface area contributed by atoms with Gasteiger partial charge in [-0.15, -0.1) is 0 Å². The van der Waals surface area contributed by atoms with Crippen molar-refractivity contribution in [3.63, 3.8) is 0 Å². The van der Waals surface area contributed by atoms with Crippen LogP contribution in [0.3, 0.4) is 0 Å². The van der Waals surface area contributed by atoms with Crippen molar-refractivity contribution in [2.45, 2.75) is 44.8 Å². The first-order valence-electron chi connectivity index (χ1n) is 10.4. The number of methoxy groups -OCH3 is 1. The maximum atomic E-state index is 13.5. The molecule has 9 heteroatoms. The molecule has 0 saturated heterocycles. The van der Waals surface area contributed by atoms with Crippen molar-refractivity contribution in [1.82, 2.24) is 15.3 Å². The quantitative estimate of drug-likeness (QED) is 0.540. The Labute approximate surface area is 190 Å². The molecule has 7 nitrogen and oxygen atoms in total. The number of nitrogens with one attached hydrogen (secondary N) is 2. The van der Waals surface area contributed by atoms with Crippen LogP contribution in [0, 0.1) is 5.82 Å². The highest BCUT2D eigenvalue weighted by Crippen LogP contribution is 2.37. The zero-order chi connectivity index (χ0) is 22.7. The van der Waals surface area contributed by atoms with Gasteiger partial charge in [0.1, 0.15) is 24.1 Å². The van der Waals surface area contributed by atoms with Crippen LogP contribution in [0.25, 0.3) is 10.9 Å². The summed E-state index contributed by atoms with van der Waals surface area (Å²) in [4.78, 5) is 20.1. The number of amides is 1. The van der Waals surface area contributed by atoms with Gasteiger partial charge in [-0.1, -0.05) is 11.6 Å². The van der Waals surface area contributed by atoms with E-state index < -0.39 is 5.82 Å². The minimum Gasteiger partial charge on any atom is -0.493 e. The van der Waals surface area contributed by atoms with Crippen LogP contribution >= 0.6 is 11.6 Å². The number of benzene rings is 2. The van der Waals surface area contributed by atoms with Gasteiger partial charge < -0.3 is 20.1 Å². The molecule has 2 unspecified atom stereocenters. The molecule has 1 fully saturated rings. The first-order valence-corrected chi connectivity index (χ1v) is 10.8. The number of rotatable bonds is 6. The van der Waals surface area contributed by atoms with Crippen LogP contribution in [-0.2, 0) is 4.79 Å². The van der Waals surface area contributed by atoms with E-state index in [1.54, 1.807) is 19.2 Å². The van der Waals surface area contributed by atoms with Crippen molar-refractivity contribution in [3.8, 4) is 11.5 Å². The first-order chi connectivity index (χ1) is 15.4. The lowest BCUT2D eigenvalue weighted by Crippen LogP contribution is -2.40. The van der Waals surface area contributed by atoms with E-state index in [0.29, 0.717) is 28.5 Å². The molecule has 2 N–H and O–H groups in total. The van der Waals surface area contributed by atoms with Gasteiger partial charge in [-0.25, -0.2) is 14.4 Å². The van der Waals surface area contributed by atoms with E-state index in [1.807, 2.05) is 6.07 Å². The normalized spacial score (nSPS) is 18.2. The van der Waals surface area contributed by atoms with E-state index in [0.717, 1.165) is 31.1 Å². The largest absolute Gasteiger partial charge is 0.493 e. The zero-order valence-electron chi connectivity index (χ0n) is 17.8. The van der Waals surface area contributed by atoms with Crippen LogP contribution in [0.4, 0.5) is 15.9 Å². The minimum atomic E-state index is -0.491. The molecule has 0 radical (unpaired) electrons. The Morgan fingerprint density at radius 1 is 1.19 bits per heavy atom. The molecule has 0 bridgehead atoms. The lowest BCUT2D eigenvalue weighted by Gasteiger charge is -2.30. The molecule has 2 aromatic carbocycles. The average Bonchev–Trinajstić information content (AvgIpc) is 2.76. The van der Waals surface area contributed by atoms with E-state index in [-0.39, 0.29) is 23.1 Å². The summed E-state index contributed by atoms with van der Waals surface area (Å²) in [6, 6.07) is 8.10. The molecule has 1 saturated carbocycles. The summed E-state index contributed by atoms with van der Waals surface area (Å²) in [5, 5.41) is 6.89. The standard InChI is InChI=1S/C23H24ClFN4O3/c1-13(30)28-14-4-3-5-16(8-14)32-22-10-17-20(11-21(22)31-2)26-12-27-23(17)29-15-6-7-19(25)18(24)9-15/h6-7,9-12,14,16H,3-5,8H2,1-2H3,(H,28,30)(H,26,27,29). The van der Waals surface area contributed by atoms with Crippen LogP contribution in [0.2, 0.25) is 5.02 Å². The van der Waals surface area contributed by atoms with Gasteiger partial charge >= 0.3 is 0 Å². The number of hydrogen-bond donors (Lipinski definition) is 2. The fourth-order valence-corrected chi connectivity index (χ4v) is 4.16. The summed E-state index contributed by atoms with van der Waals surface area (Å²) in [6.07, 6.45) is 4.91. The summed E-state index contributed by atoms with van der Waals surface area (Å²) in [5.74, 6) is 1.14. The maximum absolute atomic E-state index is 13.5. The molecule has 1 amide bonds. The molecule has 1 aliphatic carbocycles. The number of ether oxygens (including phenoxy) is 2. The number of carbonyl (C=O) groups excluding carboxylic acids is 1. The van der Waals surface area contributed by atoms with Gasteiger partial charge in [0.15, 0.2) is 11.5 Å². The van der Waals surface area contributed by atoms with Gasteiger partial charge in [-0.05, 0) is 43.5 Å². The SMILES string of the molecule is COc1cc2ncnc(Nc3ccc(F)c(Cl)c3)c2cc1OC1CCCC(NC(C)=O)C1. The smallest absolute Gasteiger partial charge is 0.217 e. The molecule has 1 aromatic heterocycles. The number of nitrogens with zero attached hydrogens (tertiary/aromatic N) is 2. The molecule has 1 heterocycles. The molecule has 2 atom stereocenters. The van der Waals surface area contributed by atoms with E-state index >= 15 is 0 Å². The molecular formula is C23H24ClFN4O3. The van der Waals surface area contributed by atoms with Crippen molar-refractivity contribution < 1.29 is 18.7 Å². The predicted molar refractivity (Wildman–Crippen MR) is 121 cm³/mol. The van der Waals surface area contributed by atoms with Gasteiger partial charge in [0.2, 0.25) is 5.91 Å². The molecule has 1 aliphatic rings. The molecule has 0 aliphatic heterocycles. The van der Waals surface area contributed by atoms with Crippen LogP contribution in [0.1, 0.15) is 32.6 Å². The molecule has 32 heavy (non-hydrogen) atoms. The van der Waals surface area contributed by atoms with Crippen molar-refractivity contribution in [1.29, 1.82) is 0 Å². The zero-order valence-corrected chi connectivity index (χ0v) is 18.6. The van der Waals surface area contributed by atoms with Crippen molar-refractivity contribution in [3.05, 3.63) is 47.5 Å². The van der Waals surface area contributed by atoms with Crippen LogP contribution in [-0.4, -0.2) is 35.1 Å². The minimum absolute atomic E-state index is 0.0186. The Morgan fingerprint density at radius 2 is 2.03 bits per heavy atom. The summed E-state index contributed by atoms with van der Waals surface area (Å²) in [7, 11) is 1.58. The number of halogens is 2. The molecule has 4 rings (SSSR count). The Balaban J connectivity index is 1.63. The second-order valence-electron chi connectivity index (χ2n) is 7.80. The van der Waals surface area contributed by atoms with Gasteiger partial charge in [0, 0.05) is 36.5 Å². The highest BCUT2D eigenvalue weighted by Gasteiger charge is 2.25. The monoisotopic (exact) mass is 458 g/mol. The fourth-order valence-electron chi connectivity index (χ4n) is 3.98. The summed E-state index contributed by atoms with van der Waals surface area (Å²) < 4.78 is 25.4. The molecule has 3 aromatic rings. The number of aromatic nitrogens is 2. The van der Waals surface area contributed by atoms with Gasteiger partial charge in [0.05, 0.1) is 17.6 Å². The van der Waals surface area contributed by atoms with Crippen molar-refractivity contribution in [2.24, 2.45) is 0 Å². The third kappa shape index (κ3) is 5.02. The maximum Gasteiger partial charge on any atom is 0.217 e. The Kier molecular flexibility index (Phi) is 6.60. The first kappa shape index (κ1) is 22.1. The number of anilines is 2. The molecule has 168 valence electrons. The topological polar surface area (TPSA) is 85.4 Å². The fraction of sp³-hybridized carbons (Fsp3) is 0.348. The average molecular weight is 459 g/mol. The Hall–Kier alpha value is -3.13. The molecule has 0 spiro atoms. The van der Waals surface area contributed by atoms with Crippen LogP contribution in [0.5, 0.6) is 11.5 Å². The van der Waals surface area contributed by atoms with Crippen molar-refractivity contribution in [2.75, 3.05) is 12.4 Å². The van der Waals surface area contributed by atoms with Gasteiger partial charge in [-0.2, -0.15) is 0 Å². The van der Waals surface area contributed by atoms with Crippen molar-refractivity contribution >= 4 is 39.9 Å². The lowest BCUT2D eigenvalue weighted by molar-refractivity contribution is -0.120. The van der Waals surface area contributed by atoms with Gasteiger partial charge in [-0.3, -0.25) is 4.79 Å². The number of hydrogen-bond acceptors (Lipinski definition) is 6. The summed E-state index contributed by atoms with van der Waals surface area (Å²) in [6.45, 7) is 1.53. The Morgan fingerprint density at radius 3 is 2.78 bits per heavy atom. The van der Waals surface area contributed by atoms with Crippen LogP contribution in [0.15, 0.2) is 36.7 Å². The third-order valence-electron chi connectivity index (χ3n) is 5.43. The Bertz CT molecular complexity index is 1140. The summed E-state index contributed by atoms with van der Waals surface area (Å²) in [5.41, 5.74) is 1.26. The van der Waals surface area contributed by atoms with E-state index in [1.165, 1.54) is 25.4 Å². The van der Waals surface area contributed by atoms with Crippen LogP contribution < -0.4 is 20.1 Å². The van der Waals surface area contributed by atoms with E-state index in [2.05, 4.69) is 20.6 Å².